The van der Waals surface area contributed by atoms with Gasteiger partial charge in [0.1, 0.15) is 56.7 Å². The Labute approximate surface area is 734 Å². The minimum atomic E-state index is -4.00. The van der Waals surface area contributed by atoms with Crippen LogP contribution in [0.5, 0.6) is 28.7 Å². The van der Waals surface area contributed by atoms with E-state index in [0.717, 1.165) is 206 Å². The van der Waals surface area contributed by atoms with Crippen LogP contribution in [0.4, 0.5) is 42.8 Å². The number of anilines is 5. The number of aromatic hydroxyl groups is 1. The average Bonchev–Trinajstić information content (AvgIpc) is 1.60. The van der Waals surface area contributed by atoms with Crippen LogP contribution in [0.1, 0.15) is 194 Å². The van der Waals surface area contributed by atoms with Crippen LogP contribution < -0.4 is 50.0 Å². The van der Waals surface area contributed by atoms with Crippen molar-refractivity contribution in [1.82, 2.24) is 15.1 Å². The second-order valence-corrected chi connectivity index (χ2v) is 39.5. The molecule has 29 nitrogen and oxygen atoms in total. The molecule has 3 heterocycles. The molecule has 0 radical (unpaired) electrons. The number of methoxy groups -OCH3 is 4. The number of rotatable bonds is 13. The monoisotopic (exact) mass is 1860 g/mol. The van der Waals surface area contributed by atoms with Gasteiger partial charge in [-0.1, -0.05) is 150 Å². The number of phenolic OH excluding ortho intramolecular Hbond substituents is 1. The molecule has 9 fully saturated rings. The third kappa shape index (κ3) is 31.5. The Hall–Kier alpha value is -9.35. The number of nitrogens with two attached hydrogens (primary N) is 1. The molecule has 3 spiro atoms. The number of nitrogens with one attached hydrogen (secondary N) is 2. The van der Waals surface area contributed by atoms with Crippen LogP contribution in [0.2, 0.25) is 19.6 Å². The van der Waals surface area contributed by atoms with Crippen molar-refractivity contribution in [3.8, 4) is 40.5 Å². The van der Waals surface area contributed by atoms with Gasteiger partial charge in [-0.3, -0.25) is 53.2 Å². The number of urea groups is 3. The van der Waals surface area contributed by atoms with Crippen molar-refractivity contribution in [2.24, 2.45) is 10.3 Å². The average molecular weight is 1870 g/mol. The van der Waals surface area contributed by atoms with Gasteiger partial charge >= 0.3 is 27.3 Å². The first-order valence-electron chi connectivity index (χ1n) is 40.9. The van der Waals surface area contributed by atoms with Crippen molar-refractivity contribution in [2.45, 2.75) is 235 Å². The van der Waals surface area contributed by atoms with Crippen LogP contribution in [0, 0.1) is 28.2 Å². The summed E-state index contributed by atoms with van der Waals surface area (Å²) < 4.78 is 67.2. The van der Waals surface area contributed by atoms with E-state index in [1.807, 2.05) is 123 Å². The van der Waals surface area contributed by atoms with Crippen molar-refractivity contribution in [3.05, 3.63) is 121 Å². The Morgan fingerprint density at radius 2 is 0.884 bits per heavy atom. The SMILES string of the molecule is CC.CI.CN1C(=O)N(c2ccc(O)cc2)C2(CCCCC2)C1=O.COc1ccc(N)cc1.COc1ccc(N2C(=O)N(C)C(=O)C23CCCCC3)cc1.COc1ccc(N2C(=O)NC(=O)C23CCCCC3)cc1.COc1ccc(NC2(C#N)CCCCC2)cc1.CS(=O)(=O)OCC1CCC1.C[Si](C)(C)C#N.O=C1CCCCC1.O=C=NS(=O)(=O)Cl. The number of isocyanates is 1. The van der Waals surface area contributed by atoms with Gasteiger partial charge in [0.15, 0.2) is 8.07 Å². The first kappa shape index (κ1) is 104. The van der Waals surface area contributed by atoms with Crippen LogP contribution in [0.15, 0.2) is 126 Å². The number of alkyl halides is 1. The van der Waals surface area contributed by atoms with Gasteiger partial charge in [0, 0.05) is 71.7 Å². The molecule has 5 aromatic carbocycles. The van der Waals surface area contributed by atoms with E-state index in [2.05, 4.69) is 64.2 Å². The van der Waals surface area contributed by atoms with Crippen LogP contribution in [-0.2, 0) is 47.5 Å². The van der Waals surface area contributed by atoms with Crippen LogP contribution in [0.3, 0.4) is 0 Å². The summed E-state index contributed by atoms with van der Waals surface area (Å²) in [5.41, 5.74) is 9.15. The second kappa shape index (κ2) is 50.9. The molecule has 14 rings (SSSR count). The molecule has 5 aromatic rings. The minimum absolute atomic E-state index is 0.0666. The summed E-state index contributed by atoms with van der Waals surface area (Å²) in [6.45, 7) is 10.5. The normalized spacial score (nSPS) is 18.2. The Morgan fingerprint density at radius 3 is 1.19 bits per heavy atom. The molecule has 0 atom stereocenters. The van der Waals surface area contributed by atoms with Crippen LogP contribution in [0.25, 0.3) is 0 Å². The number of carbonyl (C=O) groups is 7. The summed E-state index contributed by atoms with van der Waals surface area (Å²) in [7, 11) is 5.46. The van der Waals surface area contributed by atoms with E-state index in [0.29, 0.717) is 36.8 Å². The molecule has 6 aliphatic carbocycles. The lowest BCUT2D eigenvalue weighted by molar-refractivity contribution is -0.131. The fourth-order valence-electron chi connectivity index (χ4n) is 14.9. The molecule has 6 saturated carbocycles. The number of hydrogen-bond acceptors (Lipinski definition) is 22. The van der Waals surface area contributed by atoms with Gasteiger partial charge in [-0.15, -0.1) is 0 Å². The summed E-state index contributed by atoms with van der Waals surface area (Å²) in [6, 6.07) is 37.7. The standard InChI is InChI=1S/C16H20N2O3.2C15H18N2O3.C14H18N2O.C7H9NO.C6H12O3S.C6H10O.C4H9NSi.C2H6.CClNO3S.CH3I/c1-17-14(19)16(10-4-3-5-11-16)18(15(17)20)12-6-8-13(21-2)9-7-12;1-20-12-7-5-11(6-8-12)17-14(19)16-13(18)15(17)9-3-2-4-10-15;1-16-13(19)15(9-3-2-4-10-15)17(14(16)20)11-5-7-12(18)8-6-11;1-17-13-7-5-12(6-8-13)16-14(11-15)9-3-2-4-10-14;1-9-7-4-2-6(8)3-5-7;1-10(7,8)9-5-6-3-2-4-6;7-6-4-2-1-3-5-6;1-6(2,3)4-5;1-2;2-7(5,6)3-1-4;1-2/h6-9H,3-5,10-11H2,1-2H3;5-8H,2-4,9-10H2,1H3,(H,16,18,19);5-8,18H,2-4,9-10H2,1H3;5-8,16H,2-4,9-10H2,1H3;2-5H,8H2,1H3;6H,2-5H2,1H3;1-5H2;1-3H3;1-2H3;;1H3. The van der Waals surface area contributed by atoms with E-state index in [9.17, 15) is 60.8 Å². The fourth-order valence-corrected chi connectivity index (χ4v) is 15.6. The van der Waals surface area contributed by atoms with Crippen molar-refractivity contribution in [2.75, 3.05) is 86.1 Å². The third-order valence-electron chi connectivity index (χ3n) is 21.4. The van der Waals surface area contributed by atoms with E-state index < -0.39 is 44.0 Å². The molecule has 5 N–H and O–H groups in total. The Bertz CT molecular complexity index is 4480. The Balaban J connectivity index is 0.000000294. The van der Waals surface area contributed by atoms with Crippen molar-refractivity contribution < 1.29 is 83.4 Å². The number of carbonyl (C=O) groups excluding carboxylic acids is 8. The van der Waals surface area contributed by atoms with Gasteiger partial charge in [-0.2, -0.15) is 22.1 Å². The number of nitrogens with zero attached hydrogens (tertiary/aromatic N) is 8. The summed E-state index contributed by atoms with van der Waals surface area (Å²) in [5.74, 6) is 3.93. The summed E-state index contributed by atoms with van der Waals surface area (Å²) in [6.07, 6.45) is 29.5. The van der Waals surface area contributed by atoms with Crippen molar-refractivity contribution in [1.29, 1.82) is 10.5 Å². The van der Waals surface area contributed by atoms with E-state index in [1.54, 1.807) is 93.6 Å². The lowest BCUT2D eigenvalue weighted by Crippen LogP contribution is -2.51. The maximum absolute atomic E-state index is 12.6. The number of benzene rings is 5. The van der Waals surface area contributed by atoms with Gasteiger partial charge in [0.05, 0.1) is 47.4 Å². The number of nitriles is 2. The zero-order valence-corrected chi connectivity index (χ0v) is 77.8. The van der Waals surface area contributed by atoms with E-state index >= 15 is 0 Å². The molecular weight excluding hydrogens is 1740 g/mol. The van der Waals surface area contributed by atoms with Crippen LogP contribution in [-0.4, -0.2) is 170 Å². The first-order chi connectivity index (χ1) is 57.5. The van der Waals surface area contributed by atoms with Gasteiger partial charge in [0.25, 0.3) is 33.9 Å². The zero-order chi connectivity index (χ0) is 90.2. The molecule has 0 bridgehead atoms. The number of Topliss-reactive ketones (excluding diaryl/α,β-unsaturated/α-hetero) is 1. The van der Waals surface area contributed by atoms with Crippen molar-refractivity contribution >= 4 is 137 Å². The number of hydrogen-bond donors (Lipinski definition) is 4. The number of ketones is 1. The van der Waals surface area contributed by atoms with Gasteiger partial charge in [-0.05, 0) is 209 Å². The minimum Gasteiger partial charge on any atom is -0.508 e. The lowest BCUT2D eigenvalue weighted by atomic mass is 9.80. The maximum Gasteiger partial charge on any atom is 0.350 e. The number of imide groups is 3. The summed E-state index contributed by atoms with van der Waals surface area (Å²) >= 11 is 2.15. The number of nitrogen functional groups attached to an aromatic ring is 1. The maximum atomic E-state index is 12.6. The Kier molecular flexibility index (Phi) is 43.8. The highest BCUT2D eigenvalue weighted by atomic mass is 127. The molecule has 3 saturated heterocycles. The summed E-state index contributed by atoms with van der Waals surface area (Å²) in [5, 5.41) is 32.8. The lowest BCUT2D eigenvalue weighted by Gasteiger charge is -2.38. The molecule has 0 aromatic heterocycles. The zero-order valence-electron chi connectivity index (χ0n) is 72.2. The molecule has 34 heteroatoms. The van der Waals surface area contributed by atoms with Gasteiger partial charge in [-0.25, -0.2) is 24.4 Å². The highest BCUT2D eigenvalue weighted by Crippen LogP contribution is 2.46. The smallest absolute Gasteiger partial charge is 0.350 e. The predicted octanol–water partition coefficient (Wildman–Crippen LogP) is 17.9. The highest BCUT2D eigenvalue weighted by molar-refractivity contribution is 14.1. The van der Waals surface area contributed by atoms with E-state index in [4.69, 9.17) is 34.7 Å². The largest absolute Gasteiger partial charge is 0.508 e. The Morgan fingerprint density at radius 1 is 0.545 bits per heavy atom. The molecule has 0 unspecified atom stereocenters. The van der Waals surface area contributed by atoms with Gasteiger partial charge in [0.2, 0.25) is 0 Å². The third-order valence-corrected chi connectivity index (χ3v) is 23.2. The topological polar surface area (TPSA) is 397 Å². The molecule has 9 aliphatic rings. The van der Waals surface area contributed by atoms with E-state index in [-0.39, 0.29) is 47.1 Å². The number of halogens is 2. The van der Waals surface area contributed by atoms with Crippen LogP contribution >= 0.6 is 33.3 Å². The molecule has 3 aliphatic heterocycles. The predicted molar refractivity (Wildman–Crippen MR) is 484 cm³/mol. The highest BCUT2D eigenvalue weighted by Gasteiger charge is 2.58. The van der Waals surface area contributed by atoms with E-state index in [1.165, 1.54) is 29.1 Å². The van der Waals surface area contributed by atoms with Gasteiger partial charge < -0.3 is 35.1 Å². The number of phenols is 1. The number of likely N-dealkylation sites (N-methyl/N-ethyl adjacent to an activating group) is 2. The molecule has 664 valence electrons. The summed E-state index contributed by atoms with van der Waals surface area (Å²) in [4.78, 5) is 104. The first-order valence-corrected chi connectivity index (χ1v) is 50.7. The molecule has 9 amide bonds. The molecular formula is C87H123ClIN11O18S2Si. The quantitative estimate of drug-likeness (QED) is 0.00979. The number of amides is 9. The molecule has 121 heavy (non-hydrogen) atoms. The van der Waals surface area contributed by atoms with Crippen molar-refractivity contribution in [3.63, 3.8) is 0 Å². The second-order valence-electron chi connectivity index (χ2n) is 31.0. The fraction of sp³-hybridized carbons (Fsp3) is 0.540. The number of ether oxygens (including phenoxy) is 4.